The molecule has 2 aromatic heterocycles. The first kappa shape index (κ1) is 18.4. The number of hydrogen-bond donors (Lipinski definition) is 1. The molecule has 134 valence electrons. The maximum absolute atomic E-state index is 12.5. The van der Waals surface area contributed by atoms with Crippen LogP contribution in [0.3, 0.4) is 0 Å². The standard InChI is InChI=1S/C19H18ClN3O2S/c1-19(2,25-16-7-5-14(20)6-8-16)18(24)22-11-15-12-26-17(23-15)13-4-3-9-21-10-13/h3-10,12H,11H2,1-2H3,(H,22,24). The first-order valence-electron chi connectivity index (χ1n) is 8.02. The van der Waals surface area contributed by atoms with Gasteiger partial charge in [0, 0.05) is 28.4 Å². The van der Waals surface area contributed by atoms with Crippen LogP contribution >= 0.6 is 22.9 Å². The number of pyridine rings is 1. The van der Waals surface area contributed by atoms with Crippen molar-refractivity contribution in [2.45, 2.75) is 26.0 Å². The summed E-state index contributed by atoms with van der Waals surface area (Å²) in [7, 11) is 0. The molecule has 0 saturated carbocycles. The summed E-state index contributed by atoms with van der Waals surface area (Å²) in [4.78, 5) is 21.1. The normalized spacial score (nSPS) is 11.2. The number of carbonyl (C=O) groups excluding carboxylic acids is 1. The van der Waals surface area contributed by atoms with E-state index in [0.717, 1.165) is 16.3 Å². The van der Waals surface area contributed by atoms with Gasteiger partial charge in [-0.3, -0.25) is 9.78 Å². The SMILES string of the molecule is CC(C)(Oc1ccc(Cl)cc1)C(=O)NCc1csc(-c2cccnc2)n1. The molecule has 0 bridgehead atoms. The molecule has 0 spiro atoms. The lowest BCUT2D eigenvalue weighted by atomic mass is 10.1. The third kappa shape index (κ3) is 4.59. The van der Waals surface area contributed by atoms with Crippen LogP contribution in [0.15, 0.2) is 54.2 Å². The highest BCUT2D eigenvalue weighted by atomic mass is 35.5. The van der Waals surface area contributed by atoms with E-state index >= 15 is 0 Å². The van der Waals surface area contributed by atoms with Crippen molar-refractivity contribution < 1.29 is 9.53 Å². The largest absolute Gasteiger partial charge is 0.478 e. The number of ether oxygens (including phenoxy) is 1. The molecule has 0 unspecified atom stereocenters. The number of halogens is 1. The number of nitrogens with one attached hydrogen (secondary N) is 1. The Morgan fingerprint density at radius 2 is 2.04 bits per heavy atom. The summed E-state index contributed by atoms with van der Waals surface area (Å²) < 4.78 is 5.78. The molecule has 26 heavy (non-hydrogen) atoms. The molecule has 0 aliphatic rings. The van der Waals surface area contributed by atoms with Gasteiger partial charge in [-0.05, 0) is 50.2 Å². The van der Waals surface area contributed by atoms with Crippen molar-refractivity contribution in [1.29, 1.82) is 0 Å². The highest BCUT2D eigenvalue weighted by Gasteiger charge is 2.29. The van der Waals surface area contributed by atoms with Gasteiger partial charge >= 0.3 is 0 Å². The minimum Gasteiger partial charge on any atom is -0.478 e. The average Bonchev–Trinajstić information content (AvgIpc) is 3.11. The van der Waals surface area contributed by atoms with Gasteiger partial charge in [-0.2, -0.15) is 0 Å². The average molecular weight is 388 g/mol. The summed E-state index contributed by atoms with van der Waals surface area (Å²) in [6.07, 6.45) is 3.49. The van der Waals surface area contributed by atoms with Crippen LogP contribution in [0.4, 0.5) is 0 Å². The van der Waals surface area contributed by atoms with Crippen LogP contribution in [-0.2, 0) is 11.3 Å². The third-order valence-electron chi connectivity index (χ3n) is 3.62. The predicted octanol–water partition coefficient (Wildman–Crippen LogP) is 4.33. The second-order valence-corrected chi connectivity index (χ2v) is 7.43. The number of rotatable bonds is 6. The van der Waals surface area contributed by atoms with Crippen molar-refractivity contribution in [3.63, 3.8) is 0 Å². The van der Waals surface area contributed by atoms with Crippen molar-refractivity contribution >= 4 is 28.8 Å². The summed E-state index contributed by atoms with van der Waals surface area (Å²) in [5.41, 5.74) is 0.738. The third-order valence-corrected chi connectivity index (χ3v) is 4.82. The fourth-order valence-electron chi connectivity index (χ4n) is 2.24. The number of amides is 1. The van der Waals surface area contributed by atoms with Crippen LogP contribution in [0.25, 0.3) is 10.6 Å². The molecule has 1 amide bonds. The minimum absolute atomic E-state index is 0.219. The maximum atomic E-state index is 12.5. The molecule has 5 nitrogen and oxygen atoms in total. The first-order valence-corrected chi connectivity index (χ1v) is 9.27. The van der Waals surface area contributed by atoms with Gasteiger partial charge in [0.2, 0.25) is 0 Å². The second kappa shape index (κ2) is 7.85. The molecule has 7 heteroatoms. The van der Waals surface area contributed by atoms with Crippen molar-refractivity contribution in [2.75, 3.05) is 0 Å². The Morgan fingerprint density at radius 1 is 1.27 bits per heavy atom. The molecule has 1 aromatic carbocycles. The van der Waals surface area contributed by atoms with Crippen LogP contribution in [0.5, 0.6) is 5.75 Å². The maximum Gasteiger partial charge on any atom is 0.263 e. The predicted molar refractivity (Wildman–Crippen MR) is 103 cm³/mol. The molecule has 0 fully saturated rings. The van der Waals surface area contributed by atoms with Crippen molar-refractivity contribution in [3.05, 3.63) is 64.9 Å². The summed E-state index contributed by atoms with van der Waals surface area (Å²) in [6.45, 7) is 3.78. The van der Waals surface area contributed by atoms with Crippen LogP contribution in [-0.4, -0.2) is 21.5 Å². The Kier molecular flexibility index (Phi) is 5.54. The highest BCUT2D eigenvalue weighted by Crippen LogP contribution is 2.23. The molecule has 3 aromatic rings. The monoisotopic (exact) mass is 387 g/mol. The van der Waals surface area contributed by atoms with Gasteiger partial charge in [0.1, 0.15) is 10.8 Å². The number of hydrogen-bond acceptors (Lipinski definition) is 5. The van der Waals surface area contributed by atoms with Crippen LogP contribution < -0.4 is 10.1 Å². The van der Waals surface area contributed by atoms with E-state index < -0.39 is 5.60 Å². The molecule has 0 atom stereocenters. The Balaban J connectivity index is 1.59. The molecule has 0 aliphatic heterocycles. The van der Waals surface area contributed by atoms with E-state index in [1.165, 1.54) is 11.3 Å². The van der Waals surface area contributed by atoms with E-state index in [0.29, 0.717) is 17.3 Å². The second-order valence-electron chi connectivity index (χ2n) is 6.13. The molecular weight excluding hydrogens is 370 g/mol. The highest BCUT2D eigenvalue weighted by molar-refractivity contribution is 7.13. The minimum atomic E-state index is -1.02. The first-order chi connectivity index (χ1) is 12.4. The Labute approximate surface area is 161 Å². The van der Waals surface area contributed by atoms with Crippen LogP contribution in [0.1, 0.15) is 19.5 Å². The fourth-order valence-corrected chi connectivity index (χ4v) is 3.17. The Bertz CT molecular complexity index is 879. The lowest BCUT2D eigenvalue weighted by Crippen LogP contribution is -2.46. The zero-order valence-electron chi connectivity index (χ0n) is 14.4. The van der Waals surface area contributed by atoms with E-state index in [-0.39, 0.29) is 5.91 Å². The number of aromatic nitrogens is 2. The zero-order valence-corrected chi connectivity index (χ0v) is 16.0. The van der Waals surface area contributed by atoms with Crippen molar-refractivity contribution in [3.8, 4) is 16.3 Å². The van der Waals surface area contributed by atoms with Crippen molar-refractivity contribution in [2.24, 2.45) is 0 Å². The lowest BCUT2D eigenvalue weighted by molar-refractivity contribution is -0.134. The van der Waals surface area contributed by atoms with Gasteiger partial charge in [-0.15, -0.1) is 11.3 Å². The molecular formula is C19H18ClN3O2S. The van der Waals surface area contributed by atoms with E-state index in [9.17, 15) is 4.79 Å². The van der Waals surface area contributed by atoms with Crippen LogP contribution in [0, 0.1) is 0 Å². The van der Waals surface area contributed by atoms with Gasteiger partial charge in [0.25, 0.3) is 5.91 Å². The van der Waals surface area contributed by atoms with Gasteiger partial charge in [-0.25, -0.2) is 4.98 Å². The Hall–Kier alpha value is -2.44. The van der Waals surface area contributed by atoms with Crippen molar-refractivity contribution in [1.82, 2.24) is 15.3 Å². The van der Waals surface area contributed by atoms with Gasteiger partial charge in [0.05, 0.1) is 12.2 Å². The van der Waals surface area contributed by atoms with E-state index in [1.807, 2.05) is 17.5 Å². The summed E-state index contributed by atoms with van der Waals surface area (Å²) in [5, 5.41) is 6.29. The number of benzene rings is 1. The summed E-state index contributed by atoms with van der Waals surface area (Å²) >= 11 is 7.38. The fraction of sp³-hybridized carbons (Fsp3) is 0.211. The summed E-state index contributed by atoms with van der Waals surface area (Å²) in [6, 6.07) is 10.7. The van der Waals surface area contributed by atoms with Gasteiger partial charge in [-0.1, -0.05) is 11.6 Å². The lowest BCUT2D eigenvalue weighted by Gasteiger charge is -2.25. The Morgan fingerprint density at radius 3 is 2.73 bits per heavy atom. The number of thiazole rings is 1. The smallest absolute Gasteiger partial charge is 0.263 e. The quantitative estimate of drug-likeness (QED) is 0.683. The molecule has 1 N–H and O–H groups in total. The van der Waals surface area contributed by atoms with E-state index in [1.54, 1.807) is 50.5 Å². The number of carbonyl (C=O) groups is 1. The van der Waals surface area contributed by atoms with E-state index in [4.69, 9.17) is 16.3 Å². The topological polar surface area (TPSA) is 64.1 Å². The molecule has 0 radical (unpaired) electrons. The van der Waals surface area contributed by atoms with E-state index in [2.05, 4.69) is 15.3 Å². The molecule has 3 rings (SSSR count). The van der Waals surface area contributed by atoms with Gasteiger partial charge < -0.3 is 10.1 Å². The number of nitrogens with zero attached hydrogens (tertiary/aromatic N) is 2. The molecule has 0 saturated heterocycles. The van der Waals surface area contributed by atoms with Gasteiger partial charge in [0.15, 0.2) is 5.60 Å². The molecule has 0 aliphatic carbocycles. The van der Waals surface area contributed by atoms with Crippen LogP contribution in [0.2, 0.25) is 5.02 Å². The zero-order chi connectivity index (χ0) is 18.6. The summed E-state index contributed by atoms with van der Waals surface area (Å²) in [5.74, 6) is 0.366. The molecule has 2 heterocycles.